The summed E-state index contributed by atoms with van der Waals surface area (Å²) in [5, 5.41) is 13.7. The molecule has 7 heteroatoms. The molecule has 1 heterocycles. The number of pyridine rings is 1. The lowest BCUT2D eigenvalue weighted by Crippen LogP contribution is -2.27. The first-order valence-corrected chi connectivity index (χ1v) is 6.52. The summed E-state index contributed by atoms with van der Waals surface area (Å²) in [6, 6.07) is 7.48. The van der Waals surface area contributed by atoms with E-state index in [0.29, 0.717) is 0 Å². The minimum atomic E-state index is -0.661. The van der Waals surface area contributed by atoms with Crippen molar-refractivity contribution in [1.29, 1.82) is 0 Å². The third-order valence-electron chi connectivity index (χ3n) is 2.95. The first-order chi connectivity index (χ1) is 10.0. The molecule has 0 saturated carbocycles. The molecule has 2 aromatic rings. The van der Waals surface area contributed by atoms with Crippen LogP contribution in [-0.2, 0) is 0 Å². The van der Waals surface area contributed by atoms with E-state index in [-0.39, 0.29) is 16.6 Å². The van der Waals surface area contributed by atoms with Crippen LogP contribution in [0, 0.1) is 10.1 Å². The van der Waals surface area contributed by atoms with Crippen LogP contribution >= 0.6 is 11.6 Å². The number of carbonyl (C=O) groups excluding carboxylic acids is 1. The molecule has 1 amide bonds. The second-order valence-corrected chi connectivity index (χ2v) is 4.78. The number of rotatable bonds is 4. The second kappa shape index (κ2) is 6.32. The van der Waals surface area contributed by atoms with Crippen LogP contribution in [0.15, 0.2) is 42.7 Å². The van der Waals surface area contributed by atoms with Crippen molar-refractivity contribution in [1.82, 2.24) is 10.3 Å². The van der Waals surface area contributed by atoms with Crippen LogP contribution in [0.25, 0.3) is 0 Å². The van der Waals surface area contributed by atoms with Crippen LogP contribution in [0.5, 0.6) is 0 Å². The highest BCUT2D eigenvalue weighted by atomic mass is 35.5. The van der Waals surface area contributed by atoms with Gasteiger partial charge < -0.3 is 5.32 Å². The van der Waals surface area contributed by atoms with Gasteiger partial charge in [0.15, 0.2) is 0 Å². The molecule has 108 valence electrons. The highest BCUT2D eigenvalue weighted by Crippen LogP contribution is 2.28. The Morgan fingerprint density at radius 1 is 1.38 bits per heavy atom. The summed E-state index contributed by atoms with van der Waals surface area (Å²) in [5.41, 5.74) is 0.342. The molecular formula is C14H12ClN3O3. The van der Waals surface area contributed by atoms with Gasteiger partial charge in [-0.3, -0.25) is 19.9 Å². The van der Waals surface area contributed by atoms with Gasteiger partial charge in [0.1, 0.15) is 10.6 Å². The van der Waals surface area contributed by atoms with E-state index in [1.165, 1.54) is 18.2 Å². The van der Waals surface area contributed by atoms with Crippen LogP contribution in [-0.4, -0.2) is 15.8 Å². The fourth-order valence-corrected chi connectivity index (χ4v) is 2.12. The molecule has 2 rings (SSSR count). The van der Waals surface area contributed by atoms with Gasteiger partial charge in [-0.2, -0.15) is 0 Å². The summed E-state index contributed by atoms with van der Waals surface area (Å²) in [6.45, 7) is 1.77. The van der Waals surface area contributed by atoms with Crippen molar-refractivity contribution in [3.8, 4) is 0 Å². The zero-order valence-electron chi connectivity index (χ0n) is 11.1. The third kappa shape index (κ3) is 3.35. The van der Waals surface area contributed by atoms with Crippen LogP contribution in [0.2, 0.25) is 5.02 Å². The van der Waals surface area contributed by atoms with Crippen molar-refractivity contribution in [2.45, 2.75) is 13.0 Å². The Balaban J connectivity index is 2.26. The highest BCUT2D eigenvalue weighted by Gasteiger charge is 2.24. The highest BCUT2D eigenvalue weighted by molar-refractivity contribution is 6.33. The number of para-hydroxylation sites is 1. The Kier molecular flexibility index (Phi) is 4.49. The number of hydrogen-bond donors (Lipinski definition) is 1. The molecule has 0 aliphatic heterocycles. The monoisotopic (exact) mass is 305 g/mol. The number of benzene rings is 1. The predicted octanol–water partition coefficient (Wildman–Crippen LogP) is 3.13. The summed E-state index contributed by atoms with van der Waals surface area (Å²) in [6.07, 6.45) is 3.25. The van der Waals surface area contributed by atoms with E-state index in [2.05, 4.69) is 10.3 Å². The van der Waals surface area contributed by atoms with E-state index < -0.39 is 16.5 Å². The standard InChI is InChI=1S/C14H12ClN3O3/c1-9(10-4-3-7-16-8-10)17-14(19)11-5-2-6-12(15)13(11)18(20)21/h2-9H,1H3,(H,17,19). The lowest BCUT2D eigenvalue weighted by Gasteiger charge is -2.14. The Morgan fingerprint density at radius 3 is 2.76 bits per heavy atom. The molecule has 1 atom stereocenters. The maximum absolute atomic E-state index is 12.2. The van der Waals surface area contributed by atoms with Gasteiger partial charge in [0.2, 0.25) is 0 Å². The zero-order chi connectivity index (χ0) is 15.4. The Morgan fingerprint density at radius 2 is 2.14 bits per heavy atom. The third-order valence-corrected chi connectivity index (χ3v) is 3.25. The number of nitrogens with zero attached hydrogens (tertiary/aromatic N) is 2. The molecule has 21 heavy (non-hydrogen) atoms. The Labute approximate surface area is 125 Å². The summed E-state index contributed by atoms with van der Waals surface area (Å²) in [5.74, 6) is -0.555. The average molecular weight is 306 g/mol. The van der Waals surface area contributed by atoms with Crippen LogP contribution in [0.3, 0.4) is 0 Å². The lowest BCUT2D eigenvalue weighted by atomic mass is 10.1. The molecule has 1 aromatic heterocycles. The summed E-state index contributed by atoms with van der Waals surface area (Å²) in [7, 11) is 0. The van der Waals surface area contributed by atoms with E-state index in [1.54, 1.807) is 25.4 Å². The summed E-state index contributed by atoms with van der Waals surface area (Å²) in [4.78, 5) is 26.5. The fourth-order valence-electron chi connectivity index (χ4n) is 1.87. The first kappa shape index (κ1) is 14.9. The topological polar surface area (TPSA) is 85.1 Å². The average Bonchev–Trinajstić information content (AvgIpc) is 2.47. The number of nitro benzene ring substituents is 1. The molecule has 0 radical (unpaired) electrons. The van der Waals surface area contributed by atoms with E-state index in [0.717, 1.165) is 5.56 Å². The van der Waals surface area contributed by atoms with Crippen LogP contribution < -0.4 is 5.32 Å². The quantitative estimate of drug-likeness (QED) is 0.694. The normalized spacial score (nSPS) is 11.7. The largest absolute Gasteiger partial charge is 0.345 e. The van der Waals surface area contributed by atoms with E-state index in [1.807, 2.05) is 6.07 Å². The fraction of sp³-hybridized carbons (Fsp3) is 0.143. The predicted molar refractivity (Wildman–Crippen MR) is 78.2 cm³/mol. The van der Waals surface area contributed by atoms with Crippen molar-refractivity contribution >= 4 is 23.2 Å². The van der Waals surface area contributed by atoms with Gasteiger partial charge in [-0.25, -0.2) is 0 Å². The number of carbonyl (C=O) groups is 1. The molecule has 1 aromatic carbocycles. The molecule has 0 aliphatic rings. The lowest BCUT2D eigenvalue weighted by molar-refractivity contribution is -0.385. The number of nitrogens with one attached hydrogen (secondary N) is 1. The number of nitro groups is 1. The van der Waals surface area contributed by atoms with Gasteiger partial charge in [-0.1, -0.05) is 23.7 Å². The summed E-state index contributed by atoms with van der Waals surface area (Å²) >= 11 is 5.79. The molecule has 1 unspecified atom stereocenters. The van der Waals surface area contributed by atoms with E-state index in [4.69, 9.17) is 11.6 Å². The van der Waals surface area contributed by atoms with Crippen molar-refractivity contribution in [3.63, 3.8) is 0 Å². The number of hydrogen-bond acceptors (Lipinski definition) is 4. The van der Waals surface area contributed by atoms with Gasteiger partial charge >= 0.3 is 5.69 Å². The van der Waals surface area contributed by atoms with E-state index >= 15 is 0 Å². The molecule has 1 N–H and O–H groups in total. The minimum Gasteiger partial charge on any atom is -0.345 e. The van der Waals surface area contributed by atoms with Gasteiger partial charge in [-0.05, 0) is 30.7 Å². The van der Waals surface area contributed by atoms with Crippen molar-refractivity contribution in [2.24, 2.45) is 0 Å². The molecule has 0 fully saturated rings. The number of aromatic nitrogens is 1. The van der Waals surface area contributed by atoms with Crippen molar-refractivity contribution < 1.29 is 9.72 Å². The second-order valence-electron chi connectivity index (χ2n) is 4.37. The minimum absolute atomic E-state index is 0.0664. The van der Waals surface area contributed by atoms with Crippen molar-refractivity contribution in [3.05, 3.63) is 69.0 Å². The van der Waals surface area contributed by atoms with Gasteiger partial charge in [0.25, 0.3) is 5.91 Å². The van der Waals surface area contributed by atoms with Gasteiger partial charge in [0.05, 0.1) is 11.0 Å². The maximum Gasteiger partial charge on any atom is 0.300 e. The SMILES string of the molecule is CC(NC(=O)c1cccc(Cl)c1[N+](=O)[O-])c1cccnc1. The summed E-state index contributed by atoms with van der Waals surface area (Å²) < 4.78 is 0. The van der Waals surface area contributed by atoms with Crippen molar-refractivity contribution in [2.75, 3.05) is 0 Å². The Hall–Kier alpha value is -2.47. The van der Waals surface area contributed by atoms with Gasteiger partial charge in [0, 0.05) is 12.4 Å². The molecule has 0 spiro atoms. The van der Waals surface area contributed by atoms with Crippen LogP contribution in [0.4, 0.5) is 5.69 Å². The number of amides is 1. The molecule has 0 bridgehead atoms. The molecular weight excluding hydrogens is 294 g/mol. The van der Waals surface area contributed by atoms with Crippen LogP contribution in [0.1, 0.15) is 28.9 Å². The smallest absolute Gasteiger partial charge is 0.300 e. The molecule has 6 nitrogen and oxygen atoms in total. The van der Waals surface area contributed by atoms with Gasteiger partial charge in [-0.15, -0.1) is 0 Å². The molecule has 0 saturated heterocycles. The maximum atomic E-state index is 12.2. The number of halogens is 1. The molecule has 0 aliphatic carbocycles. The Bertz CT molecular complexity index is 676. The zero-order valence-corrected chi connectivity index (χ0v) is 11.9. The first-order valence-electron chi connectivity index (χ1n) is 6.14. The van der Waals surface area contributed by atoms with E-state index in [9.17, 15) is 14.9 Å².